The van der Waals surface area contributed by atoms with E-state index >= 15 is 0 Å². The summed E-state index contributed by atoms with van der Waals surface area (Å²) in [5, 5.41) is 5.28. The maximum atomic E-state index is 13.9. The van der Waals surface area contributed by atoms with Crippen molar-refractivity contribution in [1.82, 2.24) is 10.1 Å². The van der Waals surface area contributed by atoms with E-state index in [1.807, 2.05) is 19.9 Å². The standard InChI is InChI=1S/C34H36F3N3O2/c1-3-41-30-16-21(2)38-29-11-10-24(18-26(29)30)40-14-12-33(13-15-40)19-22(20-33)17-27-31(39-42-32(27)23-8-9-23)25-6-4-5-7-28(25)34(35,36)37/h4-7,10-11,16,18,22-23H,3,8-9,12-15,17,19-20H2,1-2H3. The first-order chi connectivity index (χ1) is 20.2. The van der Waals surface area contributed by atoms with Crippen LogP contribution in [0.4, 0.5) is 18.9 Å². The zero-order chi connectivity index (χ0) is 29.1. The molecule has 0 N–H and O–H groups in total. The van der Waals surface area contributed by atoms with Crippen molar-refractivity contribution in [2.75, 3.05) is 24.6 Å². The van der Waals surface area contributed by atoms with Crippen LogP contribution in [-0.2, 0) is 12.6 Å². The zero-order valence-electron chi connectivity index (χ0n) is 24.1. The van der Waals surface area contributed by atoms with Crippen molar-refractivity contribution in [1.29, 1.82) is 0 Å². The van der Waals surface area contributed by atoms with E-state index in [1.165, 1.54) is 17.8 Å². The van der Waals surface area contributed by atoms with Crippen LogP contribution < -0.4 is 9.64 Å². The molecule has 0 radical (unpaired) electrons. The Hall–Kier alpha value is -3.55. The molecule has 220 valence electrons. The van der Waals surface area contributed by atoms with Crippen LogP contribution in [0.25, 0.3) is 22.2 Å². The highest BCUT2D eigenvalue weighted by Crippen LogP contribution is 2.55. The predicted molar refractivity (Wildman–Crippen MR) is 157 cm³/mol. The van der Waals surface area contributed by atoms with Gasteiger partial charge in [0.1, 0.15) is 17.2 Å². The van der Waals surface area contributed by atoms with Gasteiger partial charge in [-0.15, -0.1) is 0 Å². The highest BCUT2D eigenvalue weighted by molar-refractivity contribution is 5.88. The molecule has 0 amide bonds. The second-order valence-electron chi connectivity index (χ2n) is 12.6. The molecule has 7 rings (SSSR count). The first kappa shape index (κ1) is 27.3. The lowest BCUT2D eigenvalue weighted by atomic mass is 9.56. The number of rotatable bonds is 7. The van der Waals surface area contributed by atoms with Gasteiger partial charge in [0.25, 0.3) is 0 Å². The Bertz CT molecular complexity index is 1610. The normalized spacial score (nSPS) is 18.9. The molecule has 0 atom stereocenters. The number of hydrogen-bond acceptors (Lipinski definition) is 5. The second kappa shape index (κ2) is 10.3. The number of pyridine rings is 1. The lowest BCUT2D eigenvalue weighted by molar-refractivity contribution is -0.137. The molecule has 8 heteroatoms. The molecule has 2 saturated carbocycles. The first-order valence-corrected chi connectivity index (χ1v) is 15.2. The lowest BCUT2D eigenvalue weighted by Gasteiger charge is -2.53. The average molecular weight is 576 g/mol. The van der Waals surface area contributed by atoms with Crippen molar-refractivity contribution in [2.45, 2.75) is 70.9 Å². The monoisotopic (exact) mass is 575 g/mol. The van der Waals surface area contributed by atoms with Crippen LogP contribution in [0.5, 0.6) is 5.75 Å². The number of nitrogens with zero attached hydrogens (tertiary/aromatic N) is 3. The van der Waals surface area contributed by atoms with Crippen molar-refractivity contribution >= 4 is 16.6 Å². The van der Waals surface area contributed by atoms with Crippen molar-refractivity contribution in [3.8, 4) is 17.0 Å². The van der Waals surface area contributed by atoms with Crippen molar-refractivity contribution in [3.63, 3.8) is 0 Å². The molecule has 2 aromatic carbocycles. The molecular weight excluding hydrogens is 539 g/mol. The minimum Gasteiger partial charge on any atom is -0.493 e. The number of aryl methyl sites for hydroxylation is 1. The molecule has 3 fully saturated rings. The molecule has 2 aliphatic carbocycles. The molecular formula is C34H36F3N3O2. The summed E-state index contributed by atoms with van der Waals surface area (Å²) in [5.74, 6) is 2.42. The average Bonchev–Trinajstić information content (AvgIpc) is 3.72. The van der Waals surface area contributed by atoms with Crippen LogP contribution in [0.15, 0.2) is 53.1 Å². The summed E-state index contributed by atoms with van der Waals surface area (Å²) in [6.45, 7) is 6.59. The van der Waals surface area contributed by atoms with Crippen molar-refractivity contribution in [3.05, 3.63) is 71.1 Å². The second-order valence-corrected chi connectivity index (χ2v) is 12.6. The maximum absolute atomic E-state index is 13.9. The van der Waals surface area contributed by atoms with E-state index in [0.29, 0.717) is 29.6 Å². The smallest absolute Gasteiger partial charge is 0.417 e. The van der Waals surface area contributed by atoms with E-state index in [1.54, 1.807) is 6.07 Å². The van der Waals surface area contributed by atoms with Gasteiger partial charge in [-0.3, -0.25) is 4.98 Å². The number of hydrogen-bond donors (Lipinski definition) is 0. The third-order valence-electron chi connectivity index (χ3n) is 9.56. The minimum absolute atomic E-state index is 0.131. The van der Waals surface area contributed by atoms with Gasteiger partial charge in [-0.05, 0) is 94.4 Å². The number of benzene rings is 2. The number of fused-ring (bicyclic) bond motifs is 1. The minimum atomic E-state index is -4.44. The van der Waals surface area contributed by atoms with Gasteiger partial charge in [0.2, 0.25) is 0 Å². The van der Waals surface area contributed by atoms with Gasteiger partial charge in [-0.2, -0.15) is 13.2 Å². The quantitative estimate of drug-likeness (QED) is 0.221. The Morgan fingerprint density at radius 2 is 1.81 bits per heavy atom. The highest BCUT2D eigenvalue weighted by Gasteiger charge is 2.47. The molecule has 5 nitrogen and oxygen atoms in total. The van der Waals surface area contributed by atoms with Gasteiger partial charge in [0.05, 0.1) is 17.7 Å². The molecule has 2 aromatic heterocycles. The van der Waals surface area contributed by atoms with Crippen molar-refractivity contribution in [2.24, 2.45) is 11.3 Å². The summed E-state index contributed by atoms with van der Waals surface area (Å²) in [7, 11) is 0. The van der Waals surface area contributed by atoms with E-state index in [2.05, 4.69) is 33.2 Å². The van der Waals surface area contributed by atoms with Crippen LogP contribution in [0.2, 0.25) is 0 Å². The van der Waals surface area contributed by atoms with E-state index < -0.39 is 11.7 Å². The molecule has 4 aromatic rings. The van der Waals surface area contributed by atoms with Gasteiger partial charge in [-0.25, -0.2) is 0 Å². The lowest BCUT2D eigenvalue weighted by Crippen LogP contribution is -2.47. The third kappa shape index (κ3) is 5.03. The number of alkyl halides is 3. The van der Waals surface area contributed by atoms with Gasteiger partial charge < -0.3 is 14.2 Å². The summed E-state index contributed by atoms with van der Waals surface area (Å²) in [6.07, 6.45) is 2.78. The summed E-state index contributed by atoms with van der Waals surface area (Å²) < 4.78 is 53.2. The summed E-state index contributed by atoms with van der Waals surface area (Å²) >= 11 is 0. The molecule has 1 aliphatic heterocycles. The van der Waals surface area contributed by atoms with Crippen molar-refractivity contribution < 1.29 is 22.4 Å². The van der Waals surface area contributed by atoms with E-state index in [-0.39, 0.29) is 5.56 Å². The molecule has 1 spiro atoms. The fraction of sp³-hybridized carbons (Fsp3) is 0.471. The zero-order valence-corrected chi connectivity index (χ0v) is 24.1. The van der Waals surface area contributed by atoms with Crippen LogP contribution in [0.3, 0.4) is 0 Å². The number of aromatic nitrogens is 2. The van der Waals surface area contributed by atoms with Gasteiger partial charge in [0, 0.05) is 53.0 Å². The first-order valence-electron chi connectivity index (χ1n) is 15.2. The SMILES string of the molecule is CCOc1cc(C)nc2ccc(N3CCC4(CC3)CC(Cc3c(-c5ccccc5C(F)(F)F)noc3C3CC3)C4)cc12. The third-order valence-corrected chi connectivity index (χ3v) is 9.56. The Labute approximate surface area is 244 Å². The topological polar surface area (TPSA) is 51.4 Å². The number of ether oxygens (including phenoxy) is 1. The maximum Gasteiger partial charge on any atom is 0.417 e. The molecule has 3 aliphatic rings. The van der Waals surface area contributed by atoms with Gasteiger partial charge in [0.15, 0.2) is 0 Å². The molecule has 0 unspecified atom stereocenters. The van der Waals surface area contributed by atoms with Crippen LogP contribution in [0, 0.1) is 18.3 Å². The summed E-state index contributed by atoms with van der Waals surface area (Å²) in [6, 6.07) is 14.2. The van der Waals surface area contributed by atoms with Crippen LogP contribution in [-0.4, -0.2) is 29.8 Å². The molecule has 42 heavy (non-hydrogen) atoms. The largest absolute Gasteiger partial charge is 0.493 e. The fourth-order valence-corrected chi connectivity index (χ4v) is 7.36. The number of piperidine rings is 1. The van der Waals surface area contributed by atoms with E-state index in [9.17, 15) is 13.2 Å². The Kier molecular flexibility index (Phi) is 6.70. The van der Waals surface area contributed by atoms with Crippen LogP contribution >= 0.6 is 0 Å². The summed E-state index contributed by atoms with van der Waals surface area (Å²) in [5.41, 5.74) is 4.18. The highest BCUT2D eigenvalue weighted by atomic mass is 19.4. The molecule has 1 saturated heterocycles. The summed E-state index contributed by atoms with van der Waals surface area (Å²) in [4.78, 5) is 7.15. The van der Waals surface area contributed by atoms with Gasteiger partial charge in [-0.1, -0.05) is 23.4 Å². The number of anilines is 1. The molecule has 0 bridgehead atoms. The number of halogens is 3. The predicted octanol–water partition coefficient (Wildman–Crippen LogP) is 8.73. The Morgan fingerprint density at radius 1 is 1.05 bits per heavy atom. The van der Waals surface area contributed by atoms with Crippen LogP contribution in [0.1, 0.15) is 73.9 Å². The molecule has 3 heterocycles. The van der Waals surface area contributed by atoms with Gasteiger partial charge >= 0.3 is 6.18 Å². The van der Waals surface area contributed by atoms with E-state index in [4.69, 9.17) is 9.26 Å². The fourth-order valence-electron chi connectivity index (χ4n) is 7.36. The Morgan fingerprint density at radius 3 is 2.52 bits per heavy atom. The van der Waals surface area contributed by atoms with E-state index in [0.717, 1.165) is 97.8 Å². The Balaban J connectivity index is 1.05.